The summed E-state index contributed by atoms with van der Waals surface area (Å²) in [6.45, 7) is 0. The molecule has 0 unspecified atom stereocenters. The van der Waals surface area contributed by atoms with Crippen molar-refractivity contribution in [2.75, 3.05) is 7.11 Å². The van der Waals surface area contributed by atoms with Gasteiger partial charge < -0.3 is 9.72 Å². The summed E-state index contributed by atoms with van der Waals surface area (Å²) in [4.78, 5) is 17.0. The summed E-state index contributed by atoms with van der Waals surface area (Å²) in [6.07, 6.45) is 1.55. The van der Waals surface area contributed by atoms with Crippen LogP contribution in [0.2, 0.25) is 0 Å². The Morgan fingerprint density at radius 3 is 3.00 bits per heavy atom. The maximum atomic E-state index is 11.6. The maximum absolute atomic E-state index is 11.6. The van der Waals surface area contributed by atoms with E-state index in [2.05, 4.69) is 9.93 Å². The fraction of sp³-hybridized carbons (Fsp3) is 0.182. The van der Waals surface area contributed by atoms with Gasteiger partial charge in [-0.1, -0.05) is 0 Å². The van der Waals surface area contributed by atoms with Crippen molar-refractivity contribution in [3.05, 3.63) is 30.0 Å². The van der Waals surface area contributed by atoms with E-state index in [4.69, 9.17) is 4.74 Å². The Morgan fingerprint density at radius 1 is 1.50 bits per heavy atom. The molecule has 0 amide bonds. The van der Waals surface area contributed by atoms with Gasteiger partial charge in [-0.25, -0.2) is 4.79 Å². The highest BCUT2D eigenvalue weighted by molar-refractivity contribution is 5.88. The monoisotopic (exact) mass is 223 g/mol. The highest BCUT2D eigenvalue weighted by atomic mass is 19.3. The number of halogens is 1. The van der Waals surface area contributed by atoms with Crippen LogP contribution in [0.5, 0.6) is 5.75 Å². The Bertz CT molecular complexity index is 521. The zero-order chi connectivity index (χ0) is 11.5. The number of hydrogen-bond acceptors (Lipinski definition) is 3. The van der Waals surface area contributed by atoms with Crippen LogP contribution in [0.4, 0.5) is 4.53 Å². The molecule has 4 nitrogen and oxygen atoms in total. The van der Waals surface area contributed by atoms with Gasteiger partial charge in [0.2, 0.25) is 0 Å². The van der Waals surface area contributed by atoms with E-state index >= 15 is 0 Å². The van der Waals surface area contributed by atoms with Crippen LogP contribution >= 0.6 is 0 Å². The average Bonchev–Trinajstić information content (AvgIpc) is 2.71. The lowest BCUT2D eigenvalue weighted by Crippen LogP contribution is -2.01. The maximum Gasteiger partial charge on any atom is 0.353 e. The minimum Gasteiger partial charge on any atom is -0.497 e. The Labute approximate surface area is 90.9 Å². The molecule has 1 N–H and O–H groups in total. The number of carbonyl (C=O) groups excluding carboxylic acids is 1. The molecule has 2 aromatic rings. The van der Waals surface area contributed by atoms with Crippen molar-refractivity contribution in [2.45, 2.75) is 6.42 Å². The number of hydrogen-bond donors (Lipinski definition) is 1. The van der Waals surface area contributed by atoms with Crippen LogP contribution in [0, 0.1) is 0 Å². The first-order chi connectivity index (χ1) is 7.74. The molecule has 1 heterocycles. The van der Waals surface area contributed by atoms with Crippen molar-refractivity contribution in [1.82, 2.24) is 4.98 Å². The molecule has 5 heteroatoms. The van der Waals surface area contributed by atoms with Gasteiger partial charge in [0, 0.05) is 21.6 Å². The third-order valence-corrected chi connectivity index (χ3v) is 2.40. The number of rotatable bonds is 3. The van der Waals surface area contributed by atoms with E-state index in [9.17, 15) is 9.32 Å². The minimum atomic E-state index is -0.913. The Kier molecular flexibility index (Phi) is 2.76. The number of carbonyl (C=O) groups is 1. The standard InChI is InChI=1S/C11H10FNO3/c1-15-8-2-3-10-9(5-8)7(6-13-10)4-11(14)16-12/h2-3,5-6,13H,4H2,1H3. The Morgan fingerprint density at radius 2 is 2.31 bits per heavy atom. The molecule has 16 heavy (non-hydrogen) atoms. The van der Waals surface area contributed by atoms with Crippen molar-refractivity contribution in [2.24, 2.45) is 0 Å². The largest absolute Gasteiger partial charge is 0.497 e. The summed E-state index contributed by atoms with van der Waals surface area (Å²) in [6, 6.07) is 5.42. The van der Waals surface area contributed by atoms with E-state index in [0.717, 1.165) is 10.9 Å². The predicted octanol–water partition coefficient (Wildman–Crippen LogP) is 2.15. The van der Waals surface area contributed by atoms with E-state index in [0.29, 0.717) is 11.3 Å². The van der Waals surface area contributed by atoms with Gasteiger partial charge in [-0.3, -0.25) is 4.94 Å². The molecule has 2 rings (SSSR count). The summed E-state index contributed by atoms with van der Waals surface area (Å²) in [5, 5.41) is 0.824. The molecule has 0 saturated heterocycles. The summed E-state index contributed by atoms with van der Waals surface area (Å²) < 4.78 is 16.7. The van der Waals surface area contributed by atoms with Gasteiger partial charge in [-0.15, -0.1) is 0 Å². The first-order valence-electron chi connectivity index (χ1n) is 4.70. The van der Waals surface area contributed by atoms with Crippen LogP contribution in [0.15, 0.2) is 24.4 Å². The second-order valence-electron chi connectivity index (χ2n) is 3.35. The van der Waals surface area contributed by atoms with Crippen LogP contribution in [0.25, 0.3) is 10.9 Å². The number of H-pyrrole nitrogens is 1. The second kappa shape index (κ2) is 4.22. The third-order valence-electron chi connectivity index (χ3n) is 2.40. The van der Waals surface area contributed by atoms with Gasteiger partial charge in [0.1, 0.15) is 5.75 Å². The van der Waals surface area contributed by atoms with Gasteiger partial charge in [-0.2, -0.15) is 0 Å². The summed E-state index contributed by atoms with van der Waals surface area (Å²) in [5.41, 5.74) is 1.54. The number of aromatic nitrogens is 1. The molecule has 1 aromatic carbocycles. The van der Waals surface area contributed by atoms with Crippen molar-refractivity contribution < 1.29 is 19.0 Å². The van der Waals surface area contributed by atoms with Gasteiger partial charge in [0.15, 0.2) is 0 Å². The summed E-state index contributed by atoms with van der Waals surface area (Å²) in [7, 11) is 1.56. The van der Waals surface area contributed by atoms with Gasteiger partial charge in [0.05, 0.1) is 13.5 Å². The molecule has 0 aliphatic heterocycles. The molecule has 0 fully saturated rings. The van der Waals surface area contributed by atoms with Crippen LogP contribution in [-0.4, -0.2) is 18.1 Å². The quantitative estimate of drug-likeness (QED) is 0.867. The molecular weight excluding hydrogens is 213 g/mol. The first-order valence-corrected chi connectivity index (χ1v) is 4.70. The molecular formula is C11H10FNO3. The fourth-order valence-electron chi connectivity index (χ4n) is 1.61. The SMILES string of the molecule is COc1ccc2[nH]cc(CC(=O)OF)c2c1. The van der Waals surface area contributed by atoms with Gasteiger partial charge in [-0.05, 0) is 23.8 Å². The minimum absolute atomic E-state index is 0.107. The van der Waals surface area contributed by atoms with E-state index in [-0.39, 0.29) is 6.42 Å². The number of nitrogens with one attached hydrogen (secondary N) is 1. The van der Waals surface area contributed by atoms with Crippen LogP contribution in [-0.2, 0) is 16.2 Å². The zero-order valence-electron chi connectivity index (χ0n) is 8.62. The van der Waals surface area contributed by atoms with Crippen molar-refractivity contribution in [3.8, 4) is 5.75 Å². The number of ether oxygens (including phenoxy) is 1. The molecule has 0 aliphatic rings. The molecule has 0 spiro atoms. The van der Waals surface area contributed by atoms with Crippen molar-refractivity contribution in [3.63, 3.8) is 0 Å². The van der Waals surface area contributed by atoms with Crippen LogP contribution in [0.1, 0.15) is 5.56 Å². The molecule has 0 aliphatic carbocycles. The number of methoxy groups -OCH3 is 1. The lowest BCUT2D eigenvalue weighted by atomic mass is 10.1. The molecule has 1 aromatic heterocycles. The smallest absolute Gasteiger partial charge is 0.353 e. The van der Waals surface area contributed by atoms with Crippen molar-refractivity contribution in [1.29, 1.82) is 0 Å². The Hall–Kier alpha value is -2.04. The zero-order valence-corrected chi connectivity index (χ0v) is 8.62. The topological polar surface area (TPSA) is 51.3 Å². The number of benzene rings is 1. The Balaban J connectivity index is 2.41. The highest BCUT2D eigenvalue weighted by Gasteiger charge is 2.10. The molecule has 0 atom stereocenters. The van der Waals surface area contributed by atoms with Crippen LogP contribution < -0.4 is 4.74 Å². The van der Waals surface area contributed by atoms with Gasteiger partial charge >= 0.3 is 5.97 Å². The third kappa shape index (κ3) is 1.84. The average molecular weight is 223 g/mol. The van der Waals surface area contributed by atoms with Crippen LogP contribution in [0.3, 0.4) is 0 Å². The first kappa shape index (κ1) is 10.5. The van der Waals surface area contributed by atoms with Crippen molar-refractivity contribution >= 4 is 16.9 Å². The number of fused-ring (bicyclic) bond motifs is 1. The fourth-order valence-corrected chi connectivity index (χ4v) is 1.61. The molecule has 0 radical (unpaired) electrons. The second-order valence-corrected chi connectivity index (χ2v) is 3.35. The van der Waals surface area contributed by atoms with E-state index < -0.39 is 5.97 Å². The lowest BCUT2D eigenvalue weighted by Gasteiger charge is -2.00. The molecule has 0 saturated carbocycles. The normalized spacial score (nSPS) is 10.4. The van der Waals surface area contributed by atoms with E-state index in [1.54, 1.807) is 25.4 Å². The number of aromatic amines is 1. The van der Waals surface area contributed by atoms with Gasteiger partial charge in [0.25, 0.3) is 0 Å². The van der Waals surface area contributed by atoms with E-state index in [1.165, 1.54) is 0 Å². The predicted molar refractivity (Wildman–Crippen MR) is 55.8 cm³/mol. The van der Waals surface area contributed by atoms with E-state index in [1.807, 2.05) is 6.07 Å². The molecule has 84 valence electrons. The summed E-state index contributed by atoms with van der Waals surface area (Å²) >= 11 is 0. The lowest BCUT2D eigenvalue weighted by molar-refractivity contribution is -0.182. The molecule has 0 bridgehead atoms. The highest BCUT2D eigenvalue weighted by Crippen LogP contribution is 2.24. The summed E-state index contributed by atoms with van der Waals surface area (Å²) in [5.74, 6) is -0.231.